The predicted octanol–water partition coefficient (Wildman–Crippen LogP) is 3.33. The number of aromatic hydroxyl groups is 1. The molecule has 21 heavy (non-hydrogen) atoms. The first-order chi connectivity index (χ1) is 9.53. The standard InChI is InChI=1S/C15H20ClNO4/c1-14(2,3)21-13(20)17(5)15(4,9-18)10-7-6-8-11(16)12(10)19/h6-9,19H,1-5H3. The Labute approximate surface area is 129 Å². The van der Waals surface area contributed by atoms with E-state index >= 15 is 0 Å². The number of phenolic OH excluding ortho intramolecular Hbond substituents is 1. The van der Waals surface area contributed by atoms with Crippen molar-refractivity contribution in [2.45, 2.75) is 38.8 Å². The molecule has 0 aliphatic heterocycles. The fourth-order valence-corrected chi connectivity index (χ4v) is 1.94. The van der Waals surface area contributed by atoms with E-state index in [1.165, 1.54) is 26.1 Å². The molecule has 0 saturated carbocycles. The molecule has 1 aromatic rings. The summed E-state index contributed by atoms with van der Waals surface area (Å²) in [5.41, 5.74) is -1.85. The second-order valence-corrected chi connectivity index (χ2v) is 6.35. The SMILES string of the molecule is CN(C(=O)OC(C)(C)C)C(C)(C=O)c1cccc(Cl)c1O. The summed E-state index contributed by atoms with van der Waals surface area (Å²) in [6.45, 7) is 6.70. The average molecular weight is 314 g/mol. The monoisotopic (exact) mass is 313 g/mol. The van der Waals surface area contributed by atoms with Crippen LogP contribution in [0, 0.1) is 0 Å². The summed E-state index contributed by atoms with van der Waals surface area (Å²) in [6, 6.07) is 4.64. The molecular formula is C15H20ClNO4. The zero-order valence-corrected chi connectivity index (χ0v) is 13.6. The molecule has 116 valence electrons. The number of halogens is 1. The van der Waals surface area contributed by atoms with Crippen LogP contribution in [-0.4, -0.2) is 35.0 Å². The zero-order chi connectivity index (χ0) is 16.4. The fourth-order valence-electron chi connectivity index (χ4n) is 1.77. The van der Waals surface area contributed by atoms with Crippen molar-refractivity contribution < 1.29 is 19.4 Å². The van der Waals surface area contributed by atoms with Crippen molar-refractivity contribution in [3.05, 3.63) is 28.8 Å². The summed E-state index contributed by atoms with van der Waals surface area (Å²) in [5.74, 6) is -0.232. The van der Waals surface area contributed by atoms with Gasteiger partial charge in [-0.25, -0.2) is 4.79 Å². The van der Waals surface area contributed by atoms with Crippen molar-refractivity contribution in [1.29, 1.82) is 0 Å². The molecule has 0 aliphatic rings. The molecule has 1 atom stereocenters. The van der Waals surface area contributed by atoms with E-state index in [2.05, 4.69) is 0 Å². The Morgan fingerprint density at radius 2 is 1.90 bits per heavy atom. The number of ether oxygens (including phenoxy) is 1. The first-order valence-electron chi connectivity index (χ1n) is 6.44. The molecule has 0 heterocycles. The van der Waals surface area contributed by atoms with Gasteiger partial charge in [0.05, 0.1) is 5.02 Å². The predicted molar refractivity (Wildman–Crippen MR) is 80.5 cm³/mol. The number of hydrogen-bond donors (Lipinski definition) is 1. The molecule has 1 aromatic carbocycles. The highest BCUT2D eigenvalue weighted by molar-refractivity contribution is 6.32. The Hall–Kier alpha value is -1.75. The number of rotatable bonds is 3. The first-order valence-corrected chi connectivity index (χ1v) is 6.82. The minimum Gasteiger partial charge on any atom is -0.506 e. The molecule has 0 aromatic heterocycles. The highest BCUT2D eigenvalue weighted by atomic mass is 35.5. The van der Waals surface area contributed by atoms with E-state index in [0.29, 0.717) is 6.29 Å². The van der Waals surface area contributed by atoms with Crippen molar-refractivity contribution >= 4 is 24.0 Å². The number of hydrogen-bond acceptors (Lipinski definition) is 4. The van der Waals surface area contributed by atoms with E-state index in [-0.39, 0.29) is 16.3 Å². The van der Waals surface area contributed by atoms with E-state index in [1.54, 1.807) is 26.8 Å². The van der Waals surface area contributed by atoms with Gasteiger partial charge in [-0.2, -0.15) is 0 Å². The quantitative estimate of drug-likeness (QED) is 0.869. The Morgan fingerprint density at radius 3 is 2.38 bits per heavy atom. The number of benzene rings is 1. The molecule has 6 heteroatoms. The second-order valence-electron chi connectivity index (χ2n) is 5.94. The summed E-state index contributed by atoms with van der Waals surface area (Å²) >= 11 is 5.87. The lowest BCUT2D eigenvalue weighted by molar-refractivity contribution is -0.117. The largest absolute Gasteiger partial charge is 0.506 e. The lowest BCUT2D eigenvalue weighted by Crippen LogP contribution is -2.48. The van der Waals surface area contributed by atoms with Crippen LogP contribution in [0.5, 0.6) is 5.75 Å². The van der Waals surface area contributed by atoms with Crippen LogP contribution in [-0.2, 0) is 15.1 Å². The molecule has 5 nitrogen and oxygen atoms in total. The maximum Gasteiger partial charge on any atom is 0.411 e. The number of phenols is 1. The van der Waals surface area contributed by atoms with Crippen LogP contribution in [0.1, 0.15) is 33.3 Å². The van der Waals surface area contributed by atoms with Crippen LogP contribution in [0.25, 0.3) is 0 Å². The third-order valence-corrected chi connectivity index (χ3v) is 3.43. The number of para-hydroxylation sites is 1. The summed E-state index contributed by atoms with van der Waals surface area (Å²) in [5, 5.41) is 10.2. The van der Waals surface area contributed by atoms with Gasteiger partial charge in [-0.3, -0.25) is 4.90 Å². The molecule has 1 rings (SSSR count). The summed E-state index contributed by atoms with van der Waals surface area (Å²) in [4.78, 5) is 24.9. The minimum atomic E-state index is -1.39. The van der Waals surface area contributed by atoms with Gasteiger partial charge in [0.25, 0.3) is 0 Å². The number of amides is 1. The fraction of sp³-hybridized carbons (Fsp3) is 0.467. The van der Waals surface area contributed by atoms with Crippen LogP contribution in [0.15, 0.2) is 18.2 Å². The second kappa shape index (κ2) is 5.93. The molecule has 0 spiro atoms. The van der Waals surface area contributed by atoms with Crippen LogP contribution in [0.3, 0.4) is 0 Å². The Morgan fingerprint density at radius 1 is 1.33 bits per heavy atom. The molecule has 0 radical (unpaired) electrons. The van der Waals surface area contributed by atoms with Crippen molar-refractivity contribution in [3.63, 3.8) is 0 Å². The Kier molecular flexibility index (Phi) is 4.89. The topological polar surface area (TPSA) is 66.8 Å². The first kappa shape index (κ1) is 17.3. The molecule has 0 aliphatic carbocycles. The highest BCUT2D eigenvalue weighted by Crippen LogP contribution is 2.37. The van der Waals surface area contributed by atoms with E-state index in [9.17, 15) is 14.7 Å². The van der Waals surface area contributed by atoms with Gasteiger partial charge in [-0.15, -0.1) is 0 Å². The van der Waals surface area contributed by atoms with Gasteiger partial charge in [-0.1, -0.05) is 23.7 Å². The van der Waals surface area contributed by atoms with Crippen LogP contribution in [0.4, 0.5) is 4.79 Å². The maximum atomic E-state index is 12.2. The minimum absolute atomic E-state index is 0.109. The zero-order valence-electron chi connectivity index (χ0n) is 12.8. The van der Waals surface area contributed by atoms with Gasteiger partial charge in [0, 0.05) is 12.6 Å². The van der Waals surface area contributed by atoms with Gasteiger partial charge < -0.3 is 14.6 Å². The number of carbonyl (C=O) groups is 2. The normalized spacial score (nSPS) is 14.2. The number of nitrogens with zero attached hydrogens (tertiary/aromatic N) is 1. The number of carbonyl (C=O) groups excluding carboxylic acids is 2. The van der Waals surface area contributed by atoms with Crippen LogP contribution in [0.2, 0.25) is 5.02 Å². The van der Waals surface area contributed by atoms with Crippen LogP contribution >= 0.6 is 11.6 Å². The van der Waals surface area contributed by atoms with E-state index in [1.807, 2.05) is 0 Å². The highest BCUT2D eigenvalue weighted by Gasteiger charge is 2.39. The number of aldehydes is 1. The Bertz CT molecular complexity index is 553. The molecule has 1 unspecified atom stereocenters. The van der Waals surface area contributed by atoms with Crippen molar-refractivity contribution in [3.8, 4) is 5.75 Å². The van der Waals surface area contributed by atoms with E-state index < -0.39 is 17.2 Å². The van der Waals surface area contributed by atoms with Gasteiger partial charge in [0.15, 0.2) is 0 Å². The third kappa shape index (κ3) is 3.67. The third-order valence-electron chi connectivity index (χ3n) is 3.13. The summed E-state index contributed by atoms with van der Waals surface area (Å²) in [7, 11) is 1.43. The Balaban J connectivity index is 3.23. The van der Waals surface area contributed by atoms with Gasteiger partial charge in [-0.05, 0) is 33.8 Å². The van der Waals surface area contributed by atoms with Gasteiger partial charge >= 0.3 is 6.09 Å². The van der Waals surface area contributed by atoms with Gasteiger partial charge in [0.2, 0.25) is 0 Å². The molecule has 0 fully saturated rings. The lowest BCUT2D eigenvalue weighted by Gasteiger charge is -2.36. The van der Waals surface area contributed by atoms with E-state index in [4.69, 9.17) is 16.3 Å². The molecule has 0 saturated heterocycles. The van der Waals surface area contributed by atoms with Crippen molar-refractivity contribution in [2.24, 2.45) is 0 Å². The maximum absolute atomic E-state index is 12.2. The molecular weight excluding hydrogens is 294 g/mol. The average Bonchev–Trinajstić information content (AvgIpc) is 2.38. The molecule has 1 amide bonds. The van der Waals surface area contributed by atoms with Crippen molar-refractivity contribution in [2.75, 3.05) is 7.05 Å². The lowest BCUT2D eigenvalue weighted by atomic mass is 9.91. The molecule has 0 bridgehead atoms. The molecule has 1 N–H and O–H groups in total. The number of likely N-dealkylation sites (N-methyl/N-ethyl adjacent to an activating group) is 1. The summed E-state index contributed by atoms with van der Waals surface area (Å²) in [6.07, 6.45) is -0.0982. The van der Waals surface area contributed by atoms with Gasteiger partial charge in [0.1, 0.15) is 23.2 Å². The van der Waals surface area contributed by atoms with E-state index in [0.717, 1.165) is 4.90 Å². The van der Waals surface area contributed by atoms with Crippen LogP contribution < -0.4 is 0 Å². The smallest absolute Gasteiger partial charge is 0.411 e. The van der Waals surface area contributed by atoms with Crippen molar-refractivity contribution in [1.82, 2.24) is 4.90 Å². The summed E-state index contributed by atoms with van der Waals surface area (Å²) < 4.78 is 5.25.